The molecule has 0 aromatic heterocycles. The standard InChI is InChI=1S/C20H23ClN2O2/c1-3-14(2)20(25)23-18-6-4-5-16(11-18)13-22-19(24)12-15-7-9-17(21)10-8-15/h4-11,14H,3,12-13H2,1-2H3,(H,22,24)(H,23,25). The van der Waals surface area contributed by atoms with Gasteiger partial charge in [-0.2, -0.15) is 0 Å². The summed E-state index contributed by atoms with van der Waals surface area (Å²) in [6.07, 6.45) is 1.11. The summed E-state index contributed by atoms with van der Waals surface area (Å²) in [5, 5.41) is 6.45. The molecule has 2 N–H and O–H groups in total. The molecule has 0 bridgehead atoms. The van der Waals surface area contributed by atoms with Gasteiger partial charge in [-0.05, 0) is 41.8 Å². The van der Waals surface area contributed by atoms with E-state index in [-0.39, 0.29) is 17.7 Å². The van der Waals surface area contributed by atoms with Crippen molar-refractivity contribution in [2.45, 2.75) is 33.2 Å². The van der Waals surface area contributed by atoms with Crippen molar-refractivity contribution >= 4 is 29.1 Å². The van der Waals surface area contributed by atoms with Crippen LogP contribution >= 0.6 is 11.6 Å². The second-order valence-corrected chi connectivity index (χ2v) is 6.52. The van der Waals surface area contributed by atoms with Crippen LogP contribution in [0.3, 0.4) is 0 Å². The van der Waals surface area contributed by atoms with E-state index in [0.717, 1.165) is 23.2 Å². The molecule has 0 fully saturated rings. The fourth-order valence-electron chi connectivity index (χ4n) is 2.26. The van der Waals surface area contributed by atoms with Crippen molar-refractivity contribution in [1.29, 1.82) is 0 Å². The number of carbonyl (C=O) groups excluding carboxylic acids is 2. The fraction of sp³-hybridized carbons (Fsp3) is 0.300. The van der Waals surface area contributed by atoms with Crippen LogP contribution < -0.4 is 10.6 Å². The van der Waals surface area contributed by atoms with Crippen molar-refractivity contribution in [2.75, 3.05) is 5.32 Å². The topological polar surface area (TPSA) is 58.2 Å². The highest BCUT2D eigenvalue weighted by Gasteiger charge is 2.10. The van der Waals surface area contributed by atoms with Gasteiger partial charge in [0.25, 0.3) is 0 Å². The Hall–Kier alpha value is -2.33. The second kappa shape index (κ2) is 9.23. The van der Waals surface area contributed by atoms with Gasteiger partial charge in [-0.1, -0.05) is 49.7 Å². The van der Waals surface area contributed by atoms with E-state index in [4.69, 9.17) is 11.6 Å². The van der Waals surface area contributed by atoms with Crippen LogP contribution in [0.5, 0.6) is 0 Å². The molecule has 0 saturated carbocycles. The number of amides is 2. The number of benzene rings is 2. The first-order valence-corrected chi connectivity index (χ1v) is 8.76. The average molecular weight is 359 g/mol. The SMILES string of the molecule is CCC(C)C(=O)Nc1cccc(CNC(=O)Cc2ccc(Cl)cc2)c1. The van der Waals surface area contributed by atoms with Crippen LogP contribution in [0.1, 0.15) is 31.4 Å². The summed E-state index contributed by atoms with van der Waals surface area (Å²) in [7, 11) is 0. The van der Waals surface area contributed by atoms with Crippen molar-refractivity contribution < 1.29 is 9.59 Å². The van der Waals surface area contributed by atoms with Crippen LogP contribution in [0.4, 0.5) is 5.69 Å². The van der Waals surface area contributed by atoms with E-state index in [1.165, 1.54) is 0 Å². The van der Waals surface area contributed by atoms with Crippen molar-refractivity contribution in [3.8, 4) is 0 Å². The zero-order chi connectivity index (χ0) is 18.2. The zero-order valence-corrected chi connectivity index (χ0v) is 15.3. The summed E-state index contributed by atoms with van der Waals surface area (Å²) in [6, 6.07) is 14.7. The van der Waals surface area contributed by atoms with Crippen LogP contribution in [0.25, 0.3) is 0 Å². The predicted molar refractivity (Wildman–Crippen MR) is 102 cm³/mol. The number of anilines is 1. The lowest BCUT2D eigenvalue weighted by Crippen LogP contribution is -2.24. The molecule has 2 rings (SSSR count). The van der Waals surface area contributed by atoms with Crippen LogP contribution in [0, 0.1) is 5.92 Å². The van der Waals surface area contributed by atoms with E-state index < -0.39 is 0 Å². The minimum atomic E-state index is -0.0589. The summed E-state index contributed by atoms with van der Waals surface area (Å²) in [5.41, 5.74) is 2.60. The lowest BCUT2D eigenvalue weighted by molar-refractivity contribution is -0.121. The molecule has 1 unspecified atom stereocenters. The summed E-state index contributed by atoms with van der Waals surface area (Å²) in [6.45, 7) is 4.30. The second-order valence-electron chi connectivity index (χ2n) is 6.08. The van der Waals surface area contributed by atoms with Gasteiger partial charge in [0.1, 0.15) is 0 Å². The molecule has 0 aliphatic rings. The largest absolute Gasteiger partial charge is 0.352 e. The zero-order valence-electron chi connectivity index (χ0n) is 14.5. The third-order valence-electron chi connectivity index (χ3n) is 4.02. The molecule has 132 valence electrons. The fourth-order valence-corrected chi connectivity index (χ4v) is 2.39. The number of hydrogen-bond acceptors (Lipinski definition) is 2. The monoisotopic (exact) mass is 358 g/mol. The summed E-state index contributed by atoms with van der Waals surface area (Å²) in [5.74, 6) is -0.0782. The van der Waals surface area contributed by atoms with Crippen molar-refractivity contribution in [1.82, 2.24) is 5.32 Å². The first kappa shape index (κ1) is 19.0. The Kier molecular flexibility index (Phi) is 7.02. The van der Waals surface area contributed by atoms with Gasteiger partial charge in [-0.3, -0.25) is 9.59 Å². The Morgan fingerprint density at radius 1 is 1.08 bits per heavy atom. The molecule has 0 aliphatic heterocycles. The number of rotatable bonds is 7. The first-order chi connectivity index (χ1) is 12.0. The predicted octanol–water partition coefficient (Wildman–Crippen LogP) is 4.18. The molecule has 2 aromatic carbocycles. The van der Waals surface area contributed by atoms with E-state index in [9.17, 15) is 9.59 Å². The molecule has 0 aliphatic carbocycles. The van der Waals surface area contributed by atoms with E-state index in [1.54, 1.807) is 12.1 Å². The molecule has 2 amide bonds. The number of halogens is 1. The minimum Gasteiger partial charge on any atom is -0.352 e. The van der Waals surface area contributed by atoms with E-state index in [0.29, 0.717) is 18.0 Å². The molecule has 0 radical (unpaired) electrons. The molecule has 2 aromatic rings. The molecule has 1 atom stereocenters. The lowest BCUT2D eigenvalue weighted by Gasteiger charge is -2.11. The molecule has 4 nitrogen and oxygen atoms in total. The first-order valence-electron chi connectivity index (χ1n) is 8.39. The van der Waals surface area contributed by atoms with Gasteiger partial charge < -0.3 is 10.6 Å². The third kappa shape index (κ3) is 6.24. The minimum absolute atomic E-state index is 0.00595. The smallest absolute Gasteiger partial charge is 0.227 e. The maximum absolute atomic E-state index is 12.0. The lowest BCUT2D eigenvalue weighted by atomic mass is 10.1. The van der Waals surface area contributed by atoms with Crippen LogP contribution in [-0.4, -0.2) is 11.8 Å². The van der Waals surface area contributed by atoms with Crippen molar-refractivity contribution in [3.05, 3.63) is 64.7 Å². The van der Waals surface area contributed by atoms with Gasteiger partial charge in [0.2, 0.25) is 11.8 Å². The third-order valence-corrected chi connectivity index (χ3v) is 4.27. The maximum Gasteiger partial charge on any atom is 0.227 e. The highest BCUT2D eigenvalue weighted by Crippen LogP contribution is 2.13. The maximum atomic E-state index is 12.0. The Bertz CT molecular complexity index is 729. The van der Waals surface area contributed by atoms with E-state index >= 15 is 0 Å². The quantitative estimate of drug-likeness (QED) is 0.779. The summed E-state index contributed by atoms with van der Waals surface area (Å²) >= 11 is 5.84. The van der Waals surface area contributed by atoms with E-state index in [1.807, 2.05) is 50.2 Å². The Balaban J connectivity index is 1.88. The van der Waals surface area contributed by atoms with Crippen molar-refractivity contribution in [3.63, 3.8) is 0 Å². The average Bonchev–Trinajstić information content (AvgIpc) is 2.61. The highest BCUT2D eigenvalue weighted by atomic mass is 35.5. The Morgan fingerprint density at radius 2 is 1.80 bits per heavy atom. The van der Waals surface area contributed by atoms with Gasteiger partial charge >= 0.3 is 0 Å². The van der Waals surface area contributed by atoms with Gasteiger partial charge in [0.05, 0.1) is 6.42 Å². The van der Waals surface area contributed by atoms with Crippen LogP contribution in [0.2, 0.25) is 5.02 Å². The van der Waals surface area contributed by atoms with Gasteiger partial charge in [0, 0.05) is 23.2 Å². The summed E-state index contributed by atoms with van der Waals surface area (Å²) in [4.78, 5) is 24.0. The molecular formula is C20H23ClN2O2. The Morgan fingerprint density at radius 3 is 2.48 bits per heavy atom. The molecule has 0 heterocycles. The summed E-state index contributed by atoms with van der Waals surface area (Å²) < 4.78 is 0. The molecular weight excluding hydrogens is 336 g/mol. The molecule has 25 heavy (non-hydrogen) atoms. The van der Waals surface area contributed by atoms with Crippen LogP contribution in [-0.2, 0) is 22.6 Å². The molecule has 0 saturated heterocycles. The van der Waals surface area contributed by atoms with Crippen molar-refractivity contribution in [2.24, 2.45) is 5.92 Å². The Labute approximate surface area is 153 Å². The normalized spacial score (nSPS) is 11.6. The number of hydrogen-bond donors (Lipinski definition) is 2. The van der Waals surface area contributed by atoms with Crippen LogP contribution in [0.15, 0.2) is 48.5 Å². The van der Waals surface area contributed by atoms with E-state index in [2.05, 4.69) is 10.6 Å². The number of nitrogens with one attached hydrogen (secondary N) is 2. The van der Waals surface area contributed by atoms with Gasteiger partial charge in [0.15, 0.2) is 0 Å². The molecule has 0 spiro atoms. The van der Waals surface area contributed by atoms with Gasteiger partial charge in [-0.15, -0.1) is 0 Å². The van der Waals surface area contributed by atoms with Gasteiger partial charge in [-0.25, -0.2) is 0 Å². The molecule has 5 heteroatoms. The highest BCUT2D eigenvalue weighted by molar-refractivity contribution is 6.30. The number of carbonyl (C=O) groups is 2.